The van der Waals surface area contributed by atoms with Crippen molar-refractivity contribution >= 4 is 51.0 Å². The molecule has 33 heavy (non-hydrogen) atoms. The van der Waals surface area contributed by atoms with Crippen molar-refractivity contribution in [2.45, 2.75) is 55.2 Å². The summed E-state index contributed by atoms with van der Waals surface area (Å²) < 4.78 is 11.6. The Kier molecular flexibility index (Phi) is 7.33. The highest BCUT2D eigenvalue weighted by Gasteiger charge is 2.76. The topological polar surface area (TPSA) is 105 Å². The number of likely N-dealkylation sites (tertiary alicyclic amines) is 1. The van der Waals surface area contributed by atoms with Crippen LogP contribution in [0, 0.1) is 11.8 Å². The summed E-state index contributed by atoms with van der Waals surface area (Å²) in [5.41, 5.74) is -0.553. The van der Waals surface area contributed by atoms with Crippen molar-refractivity contribution in [1.29, 1.82) is 0 Å². The van der Waals surface area contributed by atoms with E-state index >= 15 is 0 Å². The van der Waals surface area contributed by atoms with Crippen molar-refractivity contribution in [2.24, 2.45) is 11.8 Å². The van der Waals surface area contributed by atoms with Crippen molar-refractivity contribution in [1.82, 2.24) is 4.90 Å². The van der Waals surface area contributed by atoms with Crippen LogP contribution in [0.1, 0.15) is 32.6 Å². The molecule has 4 rings (SSSR count). The van der Waals surface area contributed by atoms with Crippen LogP contribution >= 0.6 is 27.5 Å². The number of anilines is 1. The van der Waals surface area contributed by atoms with Crippen LogP contribution in [0.4, 0.5) is 5.69 Å². The number of rotatable bonds is 9. The Balaban J connectivity index is 1.66. The number of halogens is 2. The van der Waals surface area contributed by atoms with Gasteiger partial charge in [-0.05, 0) is 56.9 Å². The number of esters is 1. The van der Waals surface area contributed by atoms with Gasteiger partial charge in [-0.2, -0.15) is 0 Å². The summed E-state index contributed by atoms with van der Waals surface area (Å²) in [6, 6.07) is 5.85. The van der Waals surface area contributed by atoms with Gasteiger partial charge in [0.2, 0.25) is 11.8 Å². The number of alkyl halides is 1. The molecule has 3 fully saturated rings. The number of fused-ring (bicyclic) bond motifs is 1. The molecule has 1 aromatic rings. The lowest BCUT2D eigenvalue weighted by atomic mass is 9.70. The summed E-state index contributed by atoms with van der Waals surface area (Å²) in [5, 5.41) is 12.5. The molecule has 3 heterocycles. The number of nitrogens with zero attached hydrogens (tertiary/aromatic N) is 1. The molecule has 0 aromatic heterocycles. The van der Waals surface area contributed by atoms with Crippen LogP contribution in [-0.2, 0) is 23.9 Å². The number of carbonyl (C=O) groups excluding carboxylic acids is 3. The first-order chi connectivity index (χ1) is 15.8. The minimum Gasteiger partial charge on any atom is -0.466 e. The maximum absolute atomic E-state index is 13.6. The summed E-state index contributed by atoms with van der Waals surface area (Å²) in [6.07, 6.45) is 1.88. The number of hydrogen-bond donors (Lipinski definition) is 2. The number of aliphatic hydroxyl groups is 1. The quantitative estimate of drug-likeness (QED) is 0.282. The highest BCUT2D eigenvalue weighted by atomic mass is 79.9. The number of aliphatic hydroxyl groups excluding tert-OH is 1. The Hall–Kier alpha value is -1.68. The summed E-state index contributed by atoms with van der Waals surface area (Å²) in [6.45, 7) is 2.34. The zero-order valence-electron chi connectivity index (χ0n) is 18.3. The molecule has 8 nitrogen and oxygen atoms in total. The fraction of sp³-hybridized carbons (Fsp3) is 0.609. The van der Waals surface area contributed by atoms with Crippen molar-refractivity contribution in [3.05, 3.63) is 29.3 Å². The predicted molar refractivity (Wildman–Crippen MR) is 125 cm³/mol. The van der Waals surface area contributed by atoms with E-state index in [4.69, 9.17) is 26.2 Å². The third-order valence-corrected chi connectivity index (χ3v) is 7.86. The monoisotopic (exact) mass is 542 g/mol. The fourth-order valence-corrected chi connectivity index (χ4v) is 6.56. The van der Waals surface area contributed by atoms with Crippen molar-refractivity contribution in [3.8, 4) is 0 Å². The van der Waals surface area contributed by atoms with Crippen LogP contribution in [0.15, 0.2) is 24.3 Å². The molecule has 2 amide bonds. The average Bonchev–Trinajstić information content (AvgIpc) is 3.36. The number of nitrogens with one attached hydrogen (secondary N) is 1. The van der Waals surface area contributed by atoms with Gasteiger partial charge in [0.1, 0.15) is 11.6 Å². The maximum atomic E-state index is 13.6. The van der Waals surface area contributed by atoms with Gasteiger partial charge < -0.3 is 24.8 Å². The Labute approximate surface area is 206 Å². The van der Waals surface area contributed by atoms with Gasteiger partial charge in [-0.15, -0.1) is 0 Å². The second kappa shape index (κ2) is 9.90. The first kappa shape index (κ1) is 24.4. The molecular weight excluding hydrogens is 516 g/mol. The molecule has 2 N–H and O–H groups in total. The lowest BCUT2D eigenvalue weighted by molar-refractivity contribution is -0.154. The zero-order valence-corrected chi connectivity index (χ0v) is 20.7. The van der Waals surface area contributed by atoms with Gasteiger partial charge >= 0.3 is 5.97 Å². The van der Waals surface area contributed by atoms with Crippen LogP contribution < -0.4 is 5.32 Å². The van der Waals surface area contributed by atoms with Gasteiger partial charge in [0, 0.05) is 28.7 Å². The number of ether oxygens (including phenoxy) is 2. The van der Waals surface area contributed by atoms with Crippen LogP contribution in [0.3, 0.4) is 0 Å². The van der Waals surface area contributed by atoms with Crippen molar-refractivity contribution in [3.63, 3.8) is 0 Å². The maximum Gasteiger partial charge on any atom is 0.312 e. The molecule has 1 aromatic carbocycles. The Morgan fingerprint density at radius 1 is 1.30 bits per heavy atom. The van der Waals surface area contributed by atoms with Gasteiger partial charge in [-0.1, -0.05) is 27.5 Å². The molecule has 0 radical (unpaired) electrons. The molecule has 6 atom stereocenters. The fourth-order valence-electron chi connectivity index (χ4n) is 5.49. The van der Waals surface area contributed by atoms with Gasteiger partial charge in [0.15, 0.2) is 0 Å². The third-order valence-electron chi connectivity index (χ3n) is 6.77. The zero-order chi connectivity index (χ0) is 23.8. The van der Waals surface area contributed by atoms with E-state index in [-0.39, 0.29) is 29.9 Å². The highest BCUT2D eigenvalue weighted by Crippen LogP contribution is 2.60. The SMILES string of the molecule is CCOC(=O)[C@H]1[C@@H]2O[C@@]3(CC2Br)[C@@H]1C(=O)N(CCCCCO)[C@@H]3C(=O)Nc1ccc(Cl)cc1. The first-order valence-corrected chi connectivity index (χ1v) is 12.6. The highest BCUT2D eigenvalue weighted by molar-refractivity contribution is 9.09. The second-order valence-corrected chi connectivity index (χ2v) is 10.3. The molecule has 1 spiro atoms. The van der Waals surface area contributed by atoms with E-state index in [0.29, 0.717) is 36.5 Å². The number of benzene rings is 1. The summed E-state index contributed by atoms with van der Waals surface area (Å²) in [7, 11) is 0. The van der Waals surface area contributed by atoms with Gasteiger partial charge in [-0.3, -0.25) is 14.4 Å². The number of unbranched alkanes of at least 4 members (excludes halogenated alkanes) is 2. The molecule has 2 bridgehead atoms. The molecule has 10 heteroatoms. The third kappa shape index (κ3) is 4.29. The molecule has 3 saturated heterocycles. The van der Waals surface area contributed by atoms with Crippen LogP contribution in [0.5, 0.6) is 0 Å². The van der Waals surface area contributed by atoms with Crippen LogP contribution in [0.2, 0.25) is 5.02 Å². The van der Waals surface area contributed by atoms with Gasteiger partial charge in [0.25, 0.3) is 0 Å². The minimum absolute atomic E-state index is 0.0714. The van der Waals surface area contributed by atoms with Gasteiger partial charge in [-0.25, -0.2) is 0 Å². The van der Waals surface area contributed by atoms with E-state index < -0.39 is 35.6 Å². The van der Waals surface area contributed by atoms with Crippen LogP contribution in [0.25, 0.3) is 0 Å². The normalized spacial score (nSPS) is 32.2. The number of amides is 2. The number of hydrogen-bond acceptors (Lipinski definition) is 6. The van der Waals surface area contributed by atoms with E-state index in [2.05, 4.69) is 21.2 Å². The molecule has 1 unspecified atom stereocenters. The van der Waals surface area contributed by atoms with E-state index in [1.54, 1.807) is 36.1 Å². The van der Waals surface area contributed by atoms with Gasteiger partial charge in [0.05, 0.1) is 24.5 Å². The summed E-state index contributed by atoms with van der Waals surface area (Å²) in [4.78, 5) is 41.5. The average molecular weight is 544 g/mol. The van der Waals surface area contributed by atoms with Crippen molar-refractivity contribution in [2.75, 3.05) is 25.1 Å². The first-order valence-electron chi connectivity index (χ1n) is 11.3. The second-order valence-electron chi connectivity index (χ2n) is 8.73. The predicted octanol–water partition coefficient (Wildman–Crippen LogP) is 2.75. The van der Waals surface area contributed by atoms with E-state index in [1.807, 2.05) is 0 Å². The number of carbonyl (C=O) groups is 3. The molecule has 0 aliphatic carbocycles. The molecule has 3 aliphatic heterocycles. The molecular formula is C23H28BrClN2O6. The molecule has 180 valence electrons. The van der Waals surface area contributed by atoms with E-state index in [0.717, 1.165) is 6.42 Å². The van der Waals surface area contributed by atoms with E-state index in [1.165, 1.54) is 0 Å². The minimum atomic E-state index is -1.11. The Bertz CT molecular complexity index is 915. The smallest absolute Gasteiger partial charge is 0.312 e. The lowest BCUT2D eigenvalue weighted by Gasteiger charge is -2.34. The molecule has 3 aliphatic rings. The largest absolute Gasteiger partial charge is 0.466 e. The Morgan fingerprint density at radius 3 is 2.70 bits per heavy atom. The Morgan fingerprint density at radius 2 is 2.03 bits per heavy atom. The lowest BCUT2D eigenvalue weighted by Crippen LogP contribution is -2.54. The summed E-state index contributed by atoms with van der Waals surface area (Å²) in [5.74, 6) is -2.61. The summed E-state index contributed by atoms with van der Waals surface area (Å²) >= 11 is 9.57. The van der Waals surface area contributed by atoms with Crippen LogP contribution in [-0.4, -0.2) is 70.1 Å². The standard InChI is InChI=1S/C23H28BrClN2O6/c1-2-32-22(31)16-17-21(30)27(10-4-3-5-11-28)19(23(17)12-15(24)18(16)33-23)20(29)26-14-8-6-13(25)7-9-14/h6-9,15-19,28H,2-5,10-12H2,1H3,(H,26,29)/t15?,16-,17+,18-,19-,23+/m1/s1. The molecule has 0 saturated carbocycles. The van der Waals surface area contributed by atoms with E-state index in [9.17, 15) is 14.4 Å². The van der Waals surface area contributed by atoms with Crippen molar-refractivity contribution < 1.29 is 29.0 Å².